The molecule has 0 unspecified atom stereocenters. The summed E-state index contributed by atoms with van der Waals surface area (Å²) in [6, 6.07) is 59.1. The molecule has 7 aromatic rings. The number of hydrazine groups is 1. The molecule has 7 aromatic carbocycles. The zero-order chi connectivity index (χ0) is 49.6. The molecule has 7 rings (SSSR count). The van der Waals surface area contributed by atoms with Crippen LogP contribution in [0.1, 0.15) is 45.9 Å². The van der Waals surface area contributed by atoms with Crippen molar-refractivity contribution in [3.05, 3.63) is 239 Å². The molecule has 0 radical (unpaired) electrons. The lowest BCUT2D eigenvalue weighted by Crippen LogP contribution is -2.62. The number of ether oxygens (including phenoxy) is 4. The first-order valence-corrected chi connectivity index (χ1v) is 24.4. The van der Waals surface area contributed by atoms with Crippen LogP contribution in [0, 0.1) is 0 Å². The number of nitrogens with one attached hydrogen (secondary N) is 3. The molecule has 15 heteroatoms. The van der Waals surface area contributed by atoms with E-state index in [4.69, 9.17) is 32.5 Å². The minimum Gasteiger partial charge on any atom is -0.485 e. The summed E-state index contributed by atoms with van der Waals surface area (Å²) in [5.41, 5.74) is 9.12. The van der Waals surface area contributed by atoms with Crippen LogP contribution in [0.5, 0.6) is 11.5 Å². The average Bonchev–Trinajstić information content (AvgIpc) is 3.41. The van der Waals surface area contributed by atoms with Crippen molar-refractivity contribution < 1.29 is 51.5 Å². The van der Waals surface area contributed by atoms with Crippen molar-refractivity contribution in [2.75, 3.05) is 6.61 Å². The molecule has 0 heterocycles. The number of rotatable bonds is 26. The fourth-order valence-electron chi connectivity index (χ4n) is 6.96. The highest BCUT2D eigenvalue weighted by Crippen LogP contribution is 2.53. The molecule has 0 aliphatic heterocycles. The third kappa shape index (κ3) is 16.8. The van der Waals surface area contributed by atoms with Gasteiger partial charge in [0.15, 0.2) is 11.5 Å². The van der Waals surface area contributed by atoms with Gasteiger partial charge < -0.3 is 28.8 Å². The number of hydrogen-bond acceptors (Lipinski definition) is 12. The summed E-state index contributed by atoms with van der Waals surface area (Å²) < 4.78 is 56.2. The molecule has 0 fully saturated rings. The van der Waals surface area contributed by atoms with Gasteiger partial charge in [0.2, 0.25) is 0 Å². The summed E-state index contributed by atoms with van der Waals surface area (Å²) in [6.07, 6.45) is -0.940. The molecule has 2 atom stereocenters. The van der Waals surface area contributed by atoms with Gasteiger partial charge in [0.25, 0.3) is 5.91 Å². The van der Waals surface area contributed by atoms with E-state index >= 15 is 0 Å². The van der Waals surface area contributed by atoms with Gasteiger partial charge in [0.05, 0.1) is 26.4 Å². The lowest BCUT2D eigenvalue weighted by atomic mass is 9.93. The van der Waals surface area contributed by atoms with E-state index in [1.807, 2.05) is 182 Å². The van der Waals surface area contributed by atoms with Gasteiger partial charge in [-0.25, -0.2) is 19.6 Å². The molecule has 0 bridgehead atoms. The molecular formula is C56H56N3O11P. The van der Waals surface area contributed by atoms with E-state index in [9.17, 15) is 18.9 Å². The number of phosphoric acid groups is 1. The Hall–Kier alpha value is -7.58. The number of phosphoric ester groups is 1. The van der Waals surface area contributed by atoms with Crippen LogP contribution in [0.25, 0.3) is 0 Å². The van der Waals surface area contributed by atoms with E-state index in [0.717, 1.165) is 33.4 Å². The number of amides is 2. The molecule has 0 saturated heterocycles. The molecule has 71 heavy (non-hydrogen) atoms. The first-order chi connectivity index (χ1) is 34.6. The van der Waals surface area contributed by atoms with Crippen molar-refractivity contribution in [2.24, 2.45) is 0 Å². The van der Waals surface area contributed by atoms with E-state index in [1.54, 1.807) is 25.1 Å². The second-order valence-electron chi connectivity index (χ2n) is 16.6. The van der Waals surface area contributed by atoms with Crippen LogP contribution in [-0.4, -0.2) is 36.2 Å². The second-order valence-corrected chi connectivity index (χ2v) is 18.1. The molecule has 0 saturated carbocycles. The summed E-state index contributed by atoms with van der Waals surface area (Å²) in [6.45, 7) is 1.35. The highest BCUT2D eigenvalue weighted by atomic mass is 31.2. The fraction of sp³-hybridized carbons (Fsp3) is 0.196. The first kappa shape index (κ1) is 51.3. The van der Waals surface area contributed by atoms with Crippen molar-refractivity contribution in [1.82, 2.24) is 16.2 Å². The second kappa shape index (κ2) is 26.4. The van der Waals surface area contributed by atoms with Crippen LogP contribution in [0.4, 0.5) is 4.79 Å². The monoisotopic (exact) mass is 977 g/mol. The van der Waals surface area contributed by atoms with Crippen molar-refractivity contribution in [3.63, 3.8) is 0 Å². The molecule has 3 N–H and O–H groups in total. The number of alkyl carbamates (subject to hydrolysis) is 1. The molecule has 0 aromatic heterocycles. The summed E-state index contributed by atoms with van der Waals surface area (Å²) in [4.78, 5) is 41.5. The standard InChI is InChI=1S/C56H56N3O11P/c1-56(54(61)66-38-45-24-12-4-13-25-45,59-58-53(60)50(42-64-36-43-20-8-2-9-21-43)57-55(62)67-39-46-26-14-5-15-27-46)35-49-32-33-51(52(34-49)65-37-44-22-10-3-11-23-44)70-71(63,68-40-47-28-16-6-17-29-47)69-41-48-30-18-7-19-31-48/h2-34,50,59H,35-42H2,1H3,(H,57,62)(H,58,60)/t50-,56-/m0/s1. The van der Waals surface area contributed by atoms with Gasteiger partial charge in [-0.3, -0.25) is 19.3 Å². The van der Waals surface area contributed by atoms with Crippen LogP contribution in [0.15, 0.2) is 200 Å². The van der Waals surface area contributed by atoms with Crippen LogP contribution < -0.4 is 25.4 Å². The highest BCUT2D eigenvalue weighted by molar-refractivity contribution is 7.48. The van der Waals surface area contributed by atoms with E-state index in [1.165, 1.54) is 0 Å². The molecule has 0 aliphatic rings. The number of carbonyl (C=O) groups excluding carboxylic acids is 3. The third-order valence-corrected chi connectivity index (χ3v) is 12.1. The predicted molar refractivity (Wildman–Crippen MR) is 267 cm³/mol. The zero-order valence-electron chi connectivity index (χ0n) is 39.2. The third-order valence-electron chi connectivity index (χ3n) is 10.8. The van der Waals surface area contributed by atoms with Crippen molar-refractivity contribution >= 4 is 25.8 Å². The number of hydrogen-bond donors (Lipinski definition) is 3. The van der Waals surface area contributed by atoms with Crippen LogP contribution in [0.3, 0.4) is 0 Å². The lowest BCUT2D eigenvalue weighted by Gasteiger charge is -2.30. The quantitative estimate of drug-likeness (QED) is 0.0267. The summed E-state index contributed by atoms with van der Waals surface area (Å²) in [5.74, 6) is -1.23. The van der Waals surface area contributed by atoms with Gasteiger partial charge in [-0.2, -0.15) is 0 Å². The SMILES string of the molecule is C[C@@](Cc1ccc(OP(=O)(OCc2ccccc2)OCc2ccccc2)c(OCc2ccccc2)c1)(NNC(=O)[C@H](COCc1ccccc1)NC(=O)OCc1ccccc1)C(=O)OCc1ccccc1. The van der Waals surface area contributed by atoms with Gasteiger partial charge in [0.1, 0.15) is 31.4 Å². The normalized spacial score (nSPS) is 12.4. The first-order valence-electron chi connectivity index (χ1n) is 22.9. The molecule has 0 aliphatic carbocycles. The van der Waals surface area contributed by atoms with E-state index in [-0.39, 0.29) is 64.2 Å². The number of carbonyl (C=O) groups is 3. The Balaban J connectivity index is 1.14. The fourth-order valence-corrected chi connectivity index (χ4v) is 8.14. The van der Waals surface area contributed by atoms with E-state index < -0.39 is 37.4 Å². The minimum absolute atomic E-state index is 0.0324. The smallest absolute Gasteiger partial charge is 0.485 e. The van der Waals surface area contributed by atoms with E-state index in [0.29, 0.717) is 5.56 Å². The number of benzene rings is 7. The van der Waals surface area contributed by atoms with Crippen LogP contribution in [-0.2, 0) is 83.5 Å². The van der Waals surface area contributed by atoms with Crippen LogP contribution in [0.2, 0.25) is 0 Å². The zero-order valence-corrected chi connectivity index (χ0v) is 40.1. The van der Waals surface area contributed by atoms with Gasteiger partial charge >= 0.3 is 19.9 Å². The lowest BCUT2D eigenvalue weighted by molar-refractivity contribution is -0.153. The molecule has 366 valence electrons. The molecular weight excluding hydrogens is 922 g/mol. The maximum atomic E-state index is 14.6. The van der Waals surface area contributed by atoms with Gasteiger partial charge in [-0.05, 0) is 58.0 Å². The van der Waals surface area contributed by atoms with E-state index in [2.05, 4.69) is 16.2 Å². The molecule has 14 nitrogen and oxygen atoms in total. The predicted octanol–water partition coefficient (Wildman–Crippen LogP) is 10.4. The van der Waals surface area contributed by atoms with Crippen molar-refractivity contribution in [3.8, 4) is 11.5 Å². The average molecular weight is 978 g/mol. The Labute approximate surface area is 413 Å². The van der Waals surface area contributed by atoms with Gasteiger partial charge in [-0.15, -0.1) is 0 Å². The summed E-state index contributed by atoms with van der Waals surface area (Å²) in [5, 5.41) is 2.60. The van der Waals surface area contributed by atoms with Gasteiger partial charge in [0, 0.05) is 6.42 Å². The van der Waals surface area contributed by atoms with Crippen molar-refractivity contribution in [2.45, 2.75) is 64.6 Å². The Morgan fingerprint density at radius 2 is 0.944 bits per heavy atom. The Bertz CT molecular complexity index is 2730. The topological polar surface area (TPSA) is 169 Å². The van der Waals surface area contributed by atoms with Crippen molar-refractivity contribution in [1.29, 1.82) is 0 Å². The Kier molecular flexibility index (Phi) is 19.1. The Morgan fingerprint density at radius 3 is 1.44 bits per heavy atom. The number of esters is 1. The summed E-state index contributed by atoms with van der Waals surface area (Å²) in [7, 11) is -4.36. The molecule has 2 amide bonds. The highest BCUT2D eigenvalue weighted by Gasteiger charge is 2.38. The maximum Gasteiger partial charge on any atom is 0.530 e. The minimum atomic E-state index is -4.36. The maximum absolute atomic E-state index is 14.6. The van der Waals surface area contributed by atoms with Gasteiger partial charge in [-0.1, -0.05) is 188 Å². The molecule has 0 spiro atoms. The van der Waals surface area contributed by atoms with Crippen LogP contribution >= 0.6 is 7.82 Å². The largest absolute Gasteiger partial charge is 0.530 e. The summed E-state index contributed by atoms with van der Waals surface area (Å²) >= 11 is 0. The Morgan fingerprint density at radius 1 is 0.507 bits per heavy atom.